The minimum atomic E-state index is -1.03. The highest BCUT2D eigenvalue weighted by atomic mass is 127. The van der Waals surface area contributed by atoms with E-state index in [1.165, 1.54) is 16.7 Å². The van der Waals surface area contributed by atoms with E-state index in [-0.39, 0.29) is 11.6 Å². The van der Waals surface area contributed by atoms with Crippen molar-refractivity contribution in [3.05, 3.63) is 49.5 Å². The van der Waals surface area contributed by atoms with Gasteiger partial charge in [0.15, 0.2) is 5.69 Å². The fraction of sp³-hybridized carbons (Fsp3) is 0.154. The third kappa shape index (κ3) is 3.76. The summed E-state index contributed by atoms with van der Waals surface area (Å²) in [5.74, 6) is -1.17. The fourth-order valence-corrected chi connectivity index (χ4v) is 2.95. The van der Waals surface area contributed by atoms with Gasteiger partial charge in [-0.1, -0.05) is 12.1 Å². The van der Waals surface area contributed by atoms with Crippen LogP contribution in [0.3, 0.4) is 0 Å². The Kier molecular flexibility index (Phi) is 5.07. The summed E-state index contributed by atoms with van der Waals surface area (Å²) in [6.07, 6.45) is 0.521. The number of hydrogen-bond donors (Lipinski definition) is 2. The van der Waals surface area contributed by atoms with E-state index in [1.807, 2.05) is 18.2 Å². The molecule has 1 aromatic carbocycles. The Bertz CT molecular complexity index is 642. The first kappa shape index (κ1) is 14.9. The molecule has 0 aliphatic rings. The van der Waals surface area contributed by atoms with Crippen LogP contribution in [-0.2, 0) is 6.42 Å². The first-order valence-corrected chi connectivity index (χ1v) is 7.74. The lowest BCUT2D eigenvalue weighted by molar-refractivity contribution is 0.0690. The third-order valence-electron chi connectivity index (χ3n) is 2.51. The number of aromatic nitrogens is 1. The number of benzene rings is 1. The number of carboxylic acids is 1. The second kappa shape index (κ2) is 6.80. The summed E-state index contributed by atoms with van der Waals surface area (Å²) in [4.78, 5) is 26.6. The predicted octanol–water partition coefficient (Wildman–Crippen LogP) is 2.42. The molecule has 0 radical (unpaired) electrons. The van der Waals surface area contributed by atoms with Gasteiger partial charge in [-0.25, -0.2) is 9.78 Å². The number of hydrogen-bond acceptors (Lipinski definition) is 4. The molecule has 0 unspecified atom stereocenters. The molecule has 20 heavy (non-hydrogen) atoms. The summed E-state index contributed by atoms with van der Waals surface area (Å²) in [5.41, 5.74) is 0.687. The van der Waals surface area contributed by atoms with Crippen LogP contribution in [0.5, 0.6) is 0 Å². The molecule has 104 valence electrons. The highest BCUT2D eigenvalue weighted by Crippen LogP contribution is 2.12. The zero-order valence-corrected chi connectivity index (χ0v) is 13.3. The molecule has 0 aliphatic carbocycles. The molecule has 2 aromatic rings. The topological polar surface area (TPSA) is 79.3 Å². The summed E-state index contributed by atoms with van der Waals surface area (Å²) < 4.78 is 0.894. The Hall–Kier alpha value is -1.48. The Balaban J connectivity index is 1.88. The van der Waals surface area contributed by atoms with Crippen LogP contribution in [0.25, 0.3) is 0 Å². The number of thiazole rings is 1. The van der Waals surface area contributed by atoms with Gasteiger partial charge < -0.3 is 10.4 Å². The van der Waals surface area contributed by atoms with Crippen molar-refractivity contribution in [1.29, 1.82) is 0 Å². The quantitative estimate of drug-likeness (QED) is 0.754. The number of amides is 1. The van der Waals surface area contributed by atoms with Gasteiger partial charge in [-0.15, -0.1) is 11.3 Å². The summed E-state index contributed by atoms with van der Waals surface area (Å²) in [6, 6.07) is 7.33. The van der Waals surface area contributed by atoms with Gasteiger partial charge in [0.2, 0.25) is 0 Å². The Morgan fingerprint density at radius 2 is 2.10 bits per heavy atom. The average Bonchev–Trinajstić information content (AvgIpc) is 2.88. The van der Waals surface area contributed by atoms with E-state index in [2.05, 4.69) is 32.9 Å². The maximum Gasteiger partial charge on any atom is 0.355 e. The predicted molar refractivity (Wildman–Crippen MR) is 84.3 cm³/mol. The van der Waals surface area contributed by atoms with Crippen molar-refractivity contribution in [3.63, 3.8) is 0 Å². The summed E-state index contributed by atoms with van der Waals surface area (Å²) in [7, 11) is 0. The van der Waals surface area contributed by atoms with Crippen LogP contribution in [0.1, 0.15) is 25.9 Å². The van der Waals surface area contributed by atoms with Gasteiger partial charge in [-0.05, 0) is 34.7 Å². The number of carbonyl (C=O) groups is 2. The summed E-state index contributed by atoms with van der Waals surface area (Å²) >= 11 is 3.40. The molecule has 0 fully saturated rings. The van der Waals surface area contributed by atoms with Gasteiger partial charge in [0.25, 0.3) is 5.91 Å². The average molecular weight is 402 g/mol. The van der Waals surface area contributed by atoms with Crippen LogP contribution in [0, 0.1) is 3.57 Å². The minimum absolute atomic E-state index is 0.0499. The van der Waals surface area contributed by atoms with E-state index >= 15 is 0 Å². The van der Waals surface area contributed by atoms with Gasteiger partial charge >= 0.3 is 5.97 Å². The van der Waals surface area contributed by atoms with E-state index in [0.29, 0.717) is 23.5 Å². The normalized spacial score (nSPS) is 10.2. The minimum Gasteiger partial charge on any atom is -0.476 e. The SMILES string of the molecule is O=C(O)c1csc(CCNC(=O)c2ccccc2I)n1. The van der Waals surface area contributed by atoms with Crippen molar-refractivity contribution in [1.82, 2.24) is 10.3 Å². The van der Waals surface area contributed by atoms with Crippen molar-refractivity contribution in [2.24, 2.45) is 0 Å². The molecular weight excluding hydrogens is 391 g/mol. The number of carbonyl (C=O) groups excluding carboxylic acids is 1. The van der Waals surface area contributed by atoms with Crippen molar-refractivity contribution < 1.29 is 14.7 Å². The monoisotopic (exact) mass is 402 g/mol. The van der Waals surface area contributed by atoms with Crippen molar-refractivity contribution >= 4 is 45.8 Å². The molecule has 2 rings (SSSR count). The van der Waals surface area contributed by atoms with E-state index in [0.717, 1.165) is 3.57 Å². The fourth-order valence-electron chi connectivity index (χ4n) is 1.55. The lowest BCUT2D eigenvalue weighted by Gasteiger charge is -2.05. The molecule has 5 nitrogen and oxygen atoms in total. The standard InChI is InChI=1S/C13H11IN2O3S/c14-9-4-2-1-3-8(9)12(17)15-6-5-11-16-10(7-20-11)13(18)19/h1-4,7H,5-6H2,(H,15,17)(H,18,19). The molecule has 7 heteroatoms. The van der Waals surface area contributed by atoms with Crippen LogP contribution >= 0.6 is 33.9 Å². The lowest BCUT2D eigenvalue weighted by atomic mass is 10.2. The van der Waals surface area contributed by atoms with Crippen molar-refractivity contribution in [3.8, 4) is 0 Å². The molecule has 1 aromatic heterocycles. The summed E-state index contributed by atoms with van der Waals surface area (Å²) in [6.45, 7) is 0.427. The van der Waals surface area contributed by atoms with Crippen LogP contribution in [0.15, 0.2) is 29.6 Å². The molecule has 2 N–H and O–H groups in total. The molecular formula is C13H11IN2O3S. The number of rotatable bonds is 5. The molecule has 0 bridgehead atoms. The van der Waals surface area contributed by atoms with Crippen molar-refractivity contribution in [2.75, 3.05) is 6.54 Å². The van der Waals surface area contributed by atoms with E-state index in [1.54, 1.807) is 6.07 Å². The maximum atomic E-state index is 11.9. The van der Waals surface area contributed by atoms with Crippen LogP contribution in [0.2, 0.25) is 0 Å². The van der Waals surface area contributed by atoms with Crippen molar-refractivity contribution in [2.45, 2.75) is 6.42 Å². The Labute approximate surface area is 133 Å². The van der Waals surface area contributed by atoms with E-state index in [9.17, 15) is 9.59 Å². The highest BCUT2D eigenvalue weighted by molar-refractivity contribution is 14.1. The molecule has 0 saturated heterocycles. The number of halogens is 1. The molecule has 1 amide bonds. The molecule has 0 saturated carbocycles. The van der Waals surface area contributed by atoms with E-state index < -0.39 is 5.97 Å². The summed E-state index contributed by atoms with van der Waals surface area (Å²) in [5, 5.41) is 13.8. The smallest absolute Gasteiger partial charge is 0.355 e. The zero-order valence-electron chi connectivity index (χ0n) is 10.3. The van der Waals surface area contributed by atoms with E-state index in [4.69, 9.17) is 5.11 Å². The molecule has 1 heterocycles. The van der Waals surface area contributed by atoms with Gasteiger partial charge in [0.1, 0.15) is 0 Å². The first-order valence-electron chi connectivity index (χ1n) is 5.78. The third-order valence-corrected chi connectivity index (χ3v) is 4.36. The van der Waals surface area contributed by atoms with Crippen LogP contribution in [0.4, 0.5) is 0 Å². The number of aromatic carboxylic acids is 1. The Morgan fingerprint density at radius 3 is 2.75 bits per heavy atom. The highest BCUT2D eigenvalue weighted by Gasteiger charge is 2.10. The maximum absolute atomic E-state index is 11.9. The Morgan fingerprint density at radius 1 is 1.35 bits per heavy atom. The molecule has 0 atom stereocenters. The number of nitrogens with zero attached hydrogens (tertiary/aromatic N) is 1. The van der Waals surface area contributed by atoms with Gasteiger partial charge in [-0.2, -0.15) is 0 Å². The van der Waals surface area contributed by atoms with Gasteiger partial charge in [0.05, 0.1) is 10.6 Å². The largest absolute Gasteiger partial charge is 0.476 e. The van der Waals surface area contributed by atoms with Crippen LogP contribution < -0.4 is 5.32 Å². The number of carboxylic acid groups (broad SMARTS) is 1. The second-order valence-electron chi connectivity index (χ2n) is 3.92. The lowest BCUT2D eigenvalue weighted by Crippen LogP contribution is -2.26. The molecule has 0 spiro atoms. The zero-order chi connectivity index (χ0) is 14.5. The first-order chi connectivity index (χ1) is 9.58. The molecule has 0 aliphatic heterocycles. The second-order valence-corrected chi connectivity index (χ2v) is 6.02. The van der Waals surface area contributed by atoms with Gasteiger partial charge in [0, 0.05) is 21.9 Å². The van der Waals surface area contributed by atoms with Crippen LogP contribution in [-0.4, -0.2) is 28.5 Å². The van der Waals surface area contributed by atoms with Gasteiger partial charge in [-0.3, -0.25) is 4.79 Å². The number of nitrogens with one attached hydrogen (secondary N) is 1.